The van der Waals surface area contributed by atoms with Crippen molar-refractivity contribution in [2.24, 2.45) is 4.99 Å². The van der Waals surface area contributed by atoms with E-state index in [0.29, 0.717) is 0 Å². The molecule has 27 heavy (non-hydrogen) atoms. The van der Waals surface area contributed by atoms with Crippen molar-refractivity contribution >= 4 is 5.96 Å². The number of guanidine groups is 1. The Bertz CT molecular complexity index is 718. The number of benzene rings is 1. The Hall–Kier alpha value is -2.27. The van der Waals surface area contributed by atoms with Gasteiger partial charge in [0.1, 0.15) is 0 Å². The number of aryl methyl sites for hydroxylation is 1. The van der Waals surface area contributed by atoms with Gasteiger partial charge in [0.2, 0.25) is 0 Å². The summed E-state index contributed by atoms with van der Waals surface area (Å²) < 4.78 is 7.83. The van der Waals surface area contributed by atoms with Crippen molar-refractivity contribution in [2.75, 3.05) is 32.8 Å². The predicted molar refractivity (Wildman–Crippen MR) is 111 cm³/mol. The molecule has 2 aromatic rings. The fraction of sp³-hybridized carbons (Fsp3) is 0.500. The molecule has 0 aliphatic carbocycles. The minimum absolute atomic E-state index is 0.0619. The first-order valence-electron chi connectivity index (χ1n) is 10.0. The Morgan fingerprint density at radius 2 is 1.85 bits per heavy atom. The maximum absolute atomic E-state index is 5.66. The van der Waals surface area contributed by atoms with Gasteiger partial charge < -0.3 is 19.9 Å². The molecule has 1 fully saturated rings. The standard InChI is InChI=1S/C22H32N4O/c1-3-23-21(24-12-15-26-13-6-7-14-26)25-18-22(10-16-27-17-11-22)20-9-5-4-8-19(20)2/h4-9,13-14H,3,10-12,15-18H2,1-2H3,(H2,23,24,25). The molecule has 0 saturated carbocycles. The lowest BCUT2D eigenvalue weighted by molar-refractivity contribution is 0.0529. The predicted octanol–water partition coefficient (Wildman–Crippen LogP) is 3.10. The normalized spacial score (nSPS) is 16.9. The maximum atomic E-state index is 5.66. The van der Waals surface area contributed by atoms with Gasteiger partial charge in [0.05, 0.1) is 6.54 Å². The molecule has 0 spiro atoms. The lowest BCUT2D eigenvalue weighted by Crippen LogP contribution is -2.42. The van der Waals surface area contributed by atoms with E-state index < -0.39 is 0 Å². The minimum atomic E-state index is 0.0619. The van der Waals surface area contributed by atoms with Crippen molar-refractivity contribution in [1.82, 2.24) is 15.2 Å². The zero-order chi connectivity index (χ0) is 19.0. The van der Waals surface area contributed by atoms with E-state index in [1.807, 2.05) is 0 Å². The van der Waals surface area contributed by atoms with E-state index in [2.05, 4.69) is 77.8 Å². The Labute approximate surface area is 162 Å². The summed E-state index contributed by atoms with van der Waals surface area (Å²) in [6.45, 7) is 9.33. The number of aliphatic imine (C=N–C) groups is 1. The molecule has 2 N–H and O–H groups in total. The van der Waals surface area contributed by atoms with Crippen LogP contribution in [0.15, 0.2) is 53.8 Å². The van der Waals surface area contributed by atoms with Gasteiger partial charge >= 0.3 is 0 Å². The van der Waals surface area contributed by atoms with Crippen LogP contribution in [0, 0.1) is 6.92 Å². The molecule has 0 unspecified atom stereocenters. The lowest BCUT2D eigenvalue weighted by atomic mass is 9.72. The van der Waals surface area contributed by atoms with Crippen molar-refractivity contribution in [3.63, 3.8) is 0 Å². The zero-order valence-corrected chi connectivity index (χ0v) is 16.6. The van der Waals surface area contributed by atoms with Gasteiger partial charge in [0.15, 0.2) is 5.96 Å². The molecule has 3 rings (SSSR count). The lowest BCUT2D eigenvalue weighted by Gasteiger charge is -2.37. The van der Waals surface area contributed by atoms with Gasteiger partial charge in [-0.25, -0.2) is 0 Å². The maximum Gasteiger partial charge on any atom is 0.191 e. The summed E-state index contributed by atoms with van der Waals surface area (Å²) >= 11 is 0. The van der Waals surface area contributed by atoms with Crippen LogP contribution in [0.2, 0.25) is 0 Å². The fourth-order valence-electron chi connectivity index (χ4n) is 3.84. The molecule has 1 aromatic heterocycles. The third kappa shape index (κ3) is 5.13. The molecule has 0 bridgehead atoms. The van der Waals surface area contributed by atoms with E-state index in [9.17, 15) is 0 Å². The van der Waals surface area contributed by atoms with Gasteiger partial charge in [-0.3, -0.25) is 4.99 Å². The van der Waals surface area contributed by atoms with E-state index >= 15 is 0 Å². The van der Waals surface area contributed by atoms with Crippen molar-refractivity contribution in [2.45, 2.75) is 38.6 Å². The van der Waals surface area contributed by atoms with Gasteiger partial charge in [-0.2, -0.15) is 0 Å². The topological polar surface area (TPSA) is 50.6 Å². The molecule has 1 aromatic carbocycles. The molecule has 1 saturated heterocycles. The molecule has 1 aliphatic heterocycles. The third-order valence-electron chi connectivity index (χ3n) is 5.38. The Balaban J connectivity index is 1.71. The SMILES string of the molecule is CCNC(=NCC1(c2ccccc2C)CCOCC1)NCCn1cccc1. The van der Waals surface area contributed by atoms with E-state index in [1.54, 1.807) is 0 Å². The summed E-state index contributed by atoms with van der Waals surface area (Å²) in [5.74, 6) is 0.893. The molecule has 0 amide bonds. The number of hydrogen-bond acceptors (Lipinski definition) is 2. The second-order valence-corrected chi connectivity index (χ2v) is 7.25. The largest absolute Gasteiger partial charge is 0.381 e. The number of rotatable bonds is 7. The summed E-state index contributed by atoms with van der Waals surface area (Å²) in [6, 6.07) is 12.8. The van der Waals surface area contributed by atoms with Crippen LogP contribution in [0.5, 0.6) is 0 Å². The summed E-state index contributed by atoms with van der Waals surface area (Å²) in [5.41, 5.74) is 2.83. The molecule has 5 heteroatoms. The minimum Gasteiger partial charge on any atom is -0.381 e. The molecular weight excluding hydrogens is 336 g/mol. The summed E-state index contributed by atoms with van der Waals surface area (Å²) in [7, 11) is 0. The van der Waals surface area contributed by atoms with Gasteiger partial charge in [0.25, 0.3) is 0 Å². The number of nitrogens with zero attached hydrogens (tertiary/aromatic N) is 2. The van der Waals surface area contributed by atoms with Gasteiger partial charge in [-0.15, -0.1) is 0 Å². The van der Waals surface area contributed by atoms with E-state index in [1.165, 1.54) is 11.1 Å². The second-order valence-electron chi connectivity index (χ2n) is 7.25. The highest BCUT2D eigenvalue weighted by Gasteiger charge is 2.35. The number of hydrogen-bond donors (Lipinski definition) is 2. The molecule has 0 radical (unpaired) electrons. The molecule has 0 atom stereocenters. The van der Waals surface area contributed by atoms with Crippen molar-refractivity contribution in [3.8, 4) is 0 Å². The summed E-state index contributed by atoms with van der Waals surface area (Å²) in [4.78, 5) is 4.98. The Morgan fingerprint density at radius 1 is 1.11 bits per heavy atom. The zero-order valence-electron chi connectivity index (χ0n) is 16.6. The highest BCUT2D eigenvalue weighted by atomic mass is 16.5. The van der Waals surface area contributed by atoms with Crippen LogP contribution in [0.3, 0.4) is 0 Å². The quantitative estimate of drug-likeness (QED) is 0.583. The van der Waals surface area contributed by atoms with Crippen LogP contribution in [0.1, 0.15) is 30.9 Å². The Kier molecular flexibility index (Phi) is 6.93. The van der Waals surface area contributed by atoms with Crippen LogP contribution in [0.25, 0.3) is 0 Å². The van der Waals surface area contributed by atoms with Crippen LogP contribution in [-0.2, 0) is 16.7 Å². The van der Waals surface area contributed by atoms with Gasteiger partial charge in [0, 0.05) is 50.7 Å². The summed E-state index contributed by atoms with van der Waals surface area (Å²) in [6.07, 6.45) is 6.20. The van der Waals surface area contributed by atoms with Gasteiger partial charge in [-0.05, 0) is 49.9 Å². The summed E-state index contributed by atoms with van der Waals surface area (Å²) in [5, 5.41) is 6.85. The smallest absolute Gasteiger partial charge is 0.191 e. The molecule has 1 aliphatic rings. The molecule has 146 valence electrons. The first-order valence-corrected chi connectivity index (χ1v) is 10.0. The molecular formula is C22H32N4O. The van der Waals surface area contributed by atoms with Crippen molar-refractivity contribution in [3.05, 3.63) is 59.9 Å². The molecule has 2 heterocycles. The number of nitrogens with one attached hydrogen (secondary N) is 2. The average molecular weight is 369 g/mol. The van der Waals surface area contributed by atoms with E-state index in [-0.39, 0.29) is 5.41 Å². The number of aromatic nitrogens is 1. The van der Waals surface area contributed by atoms with Crippen LogP contribution in [-0.4, -0.2) is 43.4 Å². The highest BCUT2D eigenvalue weighted by Crippen LogP contribution is 2.36. The molecule has 5 nitrogen and oxygen atoms in total. The van der Waals surface area contributed by atoms with Gasteiger partial charge in [-0.1, -0.05) is 24.3 Å². The van der Waals surface area contributed by atoms with E-state index in [0.717, 1.165) is 58.2 Å². The fourth-order valence-corrected chi connectivity index (χ4v) is 3.84. The second kappa shape index (κ2) is 9.60. The first-order chi connectivity index (χ1) is 13.2. The van der Waals surface area contributed by atoms with Crippen molar-refractivity contribution in [1.29, 1.82) is 0 Å². The van der Waals surface area contributed by atoms with Crippen LogP contribution < -0.4 is 10.6 Å². The third-order valence-corrected chi connectivity index (χ3v) is 5.38. The highest BCUT2D eigenvalue weighted by molar-refractivity contribution is 5.79. The van der Waals surface area contributed by atoms with Crippen LogP contribution in [0.4, 0.5) is 0 Å². The Morgan fingerprint density at radius 3 is 2.56 bits per heavy atom. The number of ether oxygens (including phenoxy) is 1. The van der Waals surface area contributed by atoms with E-state index in [4.69, 9.17) is 9.73 Å². The monoisotopic (exact) mass is 368 g/mol. The van der Waals surface area contributed by atoms with Crippen molar-refractivity contribution < 1.29 is 4.74 Å². The first kappa shape index (κ1) is 19.5. The van der Waals surface area contributed by atoms with Crippen LogP contribution >= 0.6 is 0 Å². The average Bonchev–Trinajstić information content (AvgIpc) is 3.21.